The predicted molar refractivity (Wildman–Crippen MR) is 86.0 cm³/mol. The van der Waals surface area contributed by atoms with E-state index in [9.17, 15) is 20.1 Å². The molecule has 1 fully saturated rings. The number of aliphatic hydroxyl groups is 4. The Morgan fingerprint density at radius 3 is 2.04 bits per heavy atom. The first kappa shape index (κ1) is 20.5. The molecule has 0 saturated carbocycles. The van der Waals surface area contributed by atoms with E-state index in [1.54, 1.807) is 0 Å². The Hall–Kier alpha value is -0.530. The SMILES string of the molecule is CCCCCCCCCC(=O)C[C@@H]1O[C@H](CO)[C@H](O)[C@H](O)[C@H]1O. The van der Waals surface area contributed by atoms with Crippen molar-refractivity contribution in [3.05, 3.63) is 0 Å². The smallest absolute Gasteiger partial charge is 0.135 e. The lowest BCUT2D eigenvalue weighted by Crippen LogP contribution is -2.58. The number of ether oxygens (including phenoxy) is 1. The number of carbonyl (C=O) groups excluding carboxylic acids is 1. The molecule has 1 saturated heterocycles. The maximum Gasteiger partial charge on any atom is 0.135 e. The highest BCUT2D eigenvalue weighted by atomic mass is 16.5. The Morgan fingerprint density at radius 1 is 0.870 bits per heavy atom. The van der Waals surface area contributed by atoms with Gasteiger partial charge in [0, 0.05) is 12.8 Å². The van der Waals surface area contributed by atoms with Gasteiger partial charge >= 0.3 is 0 Å². The summed E-state index contributed by atoms with van der Waals surface area (Å²) in [6.07, 6.45) is 2.43. The summed E-state index contributed by atoms with van der Waals surface area (Å²) >= 11 is 0. The number of unbranched alkanes of at least 4 members (excludes halogenated alkanes) is 6. The van der Waals surface area contributed by atoms with Crippen molar-refractivity contribution in [2.75, 3.05) is 6.61 Å². The highest BCUT2D eigenvalue weighted by Gasteiger charge is 2.43. The quantitative estimate of drug-likeness (QED) is 0.419. The monoisotopic (exact) mass is 332 g/mol. The van der Waals surface area contributed by atoms with Crippen molar-refractivity contribution < 1.29 is 30.0 Å². The summed E-state index contributed by atoms with van der Waals surface area (Å²) in [5.74, 6) is -0.0251. The van der Waals surface area contributed by atoms with Crippen molar-refractivity contribution in [3.63, 3.8) is 0 Å². The van der Waals surface area contributed by atoms with Crippen molar-refractivity contribution in [2.24, 2.45) is 0 Å². The van der Waals surface area contributed by atoms with Crippen LogP contribution in [0, 0.1) is 0 Å². The van der Waals surface area contributed by atoms with Gasteiger partial charge in [-0.2, -0.15) is 0 Å². The van der Waals surface area contributed by atoms with E-state index in [4.69, 9.17) is 9.84 Å². The number of hydrogen-bond acceptors (Lipinski definition) is 6. The minimum atomic E-state index is -1.41. The Balaban J connectivity index is 2.25. The van der Waals surface area contributed by atoms with Crippen LogP contribution in [0.2, 0.25) is 0 Å². The van der Waals surface area contributed by atoms with E-state index < -0.39 is 37.1 Å². The largest absolute Gasteiger partial charge is 0.394 e. The molecule has 0 bridgehead atoms. The van der Waals surface area contributed by atoms with Gasteiger partial charge in [0.15, 0.2) is 0 Å². The minimum Gasteiger partial charge on any atom is -0.394 e. The molecule has 136 valence electrons. The standard InChI is InChI=1S/C17H32O6/c1-2-3-4-5-6-7-8-9-12(19)10-13-15(20)17(22)16(21)14(11-18)23-13/h13-18,20-22H,2-11H2,1H3/t13-,14+,15-,16-,17+/m0/s1. The van der Waals surface area contributed by atoms with Gasteiger partial charge in [-0.1, -0.05) is 45.4 Å². The molecule has 0 spiro atoms. The fourth-order valence-electron chi connectivity index (χ4n) is 2.95. The van der Waals surface area contributed by atoms with Crippen LogP contribution < -0.4 is 0 Å². The number of ketones is 1. The maximum atomic E-state index is 12.0. The predicted octanol–water partition coefficient (Wildman–Crippen LogP) is 0.929. The lowest BCUT2D eigenvalue weighted by molar-refractivity contribution is -0.229. The summed E-state index contributed by atoms with van der Waals surface area (Å²) in [7, 11) is 0. The summed E-state index contributed by atoms with van der Waals surface area (Å²) in [4.78, 5) is 12.0. The van der Waals surface area contributed by atoms with Gasteiger partial charge in [0.25, 0.3) is 0 Å². The maximum absolute atomic E-state index is 12.0. The van der Waals surface area contributed by atoms with Gasteiger partial charge in [0.2, 0.25) is 0 Å². The molecule has 0 aliphatic carbocycles. The molecule has 6 nitrogen and oxygen atoms in total. The van der Waals surface area contributed by atoms with E-state index in [2.05, 4.69) is 6.92 Å². The van der Waals surface area contributed by atoms with E-state index in [-0.39, 0.29) is 12.2 Å². The van der Waals surface area contributed by atoms with Crippen molar-refractivity contribution >= 4 is 5.78 Å². The molecule has 0 aromatic heterocycles. The van der Waals surface area contributed by atoms with Crippen LogP contribution in [0.4, 0.5) is 0 Å². The van der Waals surface area contributed by atoms with E-state index >= 15 is 0 Å². The molecule has 0 aromatic carbocycles. The highest BCUT2D eigenvalue weighted by Crippen LogP contribution is 2.24. The molecule has 6 heteroatoms. The average Bonchev–Trinajstić information content (AvgIpc) is 2.54. The van der Waals surface area contributed by atoms with Crippen molar-refractivity contribution in [1.82, 2.24) is 0 Å². The number of hydrogen-bond donors (Lipinski definition) is 4. The molecule has 0 radical (unpaired) electrons. The fraction of sp³-hybridized carbons (Fsp3) is 0.941. The van der Waals surface area contributed by atoms with Gasteiger partial charge in [-0.05, 0) is 6.42 Å². The Kier molecular flexibility index (Phi) is 9.90. The fourth-order valence-corrected chi connectivity index (χ4v) is 2.95. The van der Waals surface area contributed by atoms with Gasteiger partial charge in [-0.25, -0.2) is 0 Å². The minimum absolute atomic E-state index is 0.00270. The number of aliphatic hydroxyl groups excluding tert-OH is 4. The van der Waals surface area contributed by atoms with Gasteiger partial charge in [0.05, 0.1) is 12.7 Å². The zero-order chi connectivity index (χ0) is 17.2. The van der Waals surface area contributed by atoms with Crippen LogP contribution in [0.3, 0.4) is 0 Å². The summed E-state index contributed by atoms with van der Waals surface area (Å²) in [6, 6.07) is 0. The van der Waals surface area contributed by atoms with Crippen LogP contribution in [-0.4, -0.2) is 63.3 Å². The zero-order valence-corrected chi connectivity index (χ0v) is 14.1. The molecule has 1 aliphatic heterocycles. The molecular weight excluding hydrogens is 300 g/mol. The van der Waals surface area contributed by atoms with Crippen LogP contribution >= 0.6 is 0 Å². The molecule has 5 atom stereocenters. The second kappa shape index (κ2) is 11.1. The highest BCUT2D eigenvalue weighted by molar-refractivity contribution is 5.78. The van der Waals surface area contributed by atoms with E-state index in [0.717, 1.165) is 19.3 Å². The lowest BCUT2D eigenvalue weighted by Gasteiger charge is -2.39. The molecule has 0 aromatic rings. The van der Waals surface area contributed by atoms with E-state index in [1.165, 1.54) is 25.7 Å². The lowest BCUT2D eigenvalue weighted by atomic mass is 9.92. The van der Waals surface area contributed by atoms with Gasteiger partial charge < -0.3 is 25.2 Å². The van der Waals surface area contributed by atoms with Crippen LogP contribution in [0.25, 0.3) is 0 Å². The third-order valence-electron chi connectivity index (χ3n) is 4.48. The third kappa shape index (κ3) is 6.85. The van der Waals surface area contributed by atoms with Gasteiger partial charge in [-0.15, -0.1) is 0 Å². The van der Waals surface area contributed by atoms with Crippen molar-refractivity contribution in [1.29, 1.82) is 0 Å². The first-order chi connectivity index (χ1) is 11.0. The van der Waals surface area contributed by atoms with E-state index in [0.29, 0.717) is 6.42 Å². The van der Waals surface area contributed by atoms with E-state index in [1.807, 2.05) is 0 Å². The Morgan fingerprint density at radius 2 is 1.43 bits per heavy atom. The molecule has 1 aliphatic rings. The van der Waals surface area contributed by atoms with Crippen LogP contribution in [0.1, 0.15) is 64.7 Å². The van der Waals surface area contributed by atoms with Crippen molar-refractivity contribution in [3.8, 4) is 0 Å². The molecule has 0 unspecified atom stereocenters. The molecule has 1 rings (SSSR count). The number of rotatable bonds is 11. The number of Topliss-reactive ketones (excluding diaryl/α,β-unsaturated/α-hetero) is 1. The molecule has 4 N–H and O–H groups in total. The zero-order valence-electron chi connectivity index (χ0n) is 14.1. The van der Waals surface area contributed by atoms with Crippen LogP contribution in [-0.2, 0) is 9.53 Å². The summed E-state index contributed by atoms with van der Waals surface area (Å²) < 4.78 is 5.34. The number of carbonyl (C=O) groups is 1. The van der Waals surface area contributed by atoms with Crippen LogP contribution in [0.5, 0.6) is 0 Å². The van der Waals surface area contributed by atoms with Gasteiger partial charge in [0.1, 0.15) is 30.2 Å². The van der Waals surface area contributed by atoms with Crippen LogP contribution in [0.15, 0.2) is 0 Å². The first-order valence-corrected chi connectivity index (χ1v) is 8.83. The van der Waals surface area contributed by atoms with Crippen molar-refractivity contribution in [2.45, 2.75) is 95.2 Å². The second-order valence-corrected chi connectivity index (χ2v) is 6.48. The second-order valence-electron chi connectivity index (χ2n) is 6.48. The topological polar surface area (TPSA) is 107 Å². The normalized spacial score (nSPS) is 31.3. The van der Waals surface area contributed by atoms with Gasteiger partial charge in [-0.3, -0.25) is 4.79 Å². The summed E-state index contributed by atoms with van der Waals surface area (Å²) in [5.41, 5.74) is 0. The Labute approximate surface area is 138 Å². The Bertz CT molecular complexity index is 333. The first-order valence-electron chi connectivity index (χ1n) is 8.83. The molecule has 23 heavy (non-hydrogen) atoms. The average molecular weight is 332 g/mol. The third-order valence-corrected chi connectivity index (χ3v) is 4.48. The molecule has 1 heterocycles. The summed E-state index contributed by atoms with van der Waals surface area (Å²) in [6.45, 7) is 1.71. The molecule has 0 amide bonds. The summed E-state index contributed by atoms with van der Waals surface area (Å²) in [5, 5.41) is 38.4. The molecular formula is C17H32O6.